The van der Waals surface area contributed by atoms with E-state index in [0.717, 1.165) is 17.9 Å². The van der Waals surface area contributed by atoms with Crippen LogP contribution in [0.5, 0.6) is 0 Å². The Morgan fingerprint density at radius 2 is 2.15 bits per heavy atom. The van der Waals surface area contributed by atoms with Gasteiger partial charge in [-0.05, 0) is 38.0 Å². The predicted molar refractivity (Wildman–Crippen MR) is 74.8 cm³/mol. The Kier molecular flexibility index (Phi) is 4.81. The van der Waals surface area contributed by atoms with E-state index in [-0.39, 0.29) is 11.9 Å². The number of hydrogen-bond donors (Lipinski definition) is 1. The van der Waals surface area contributed by atoms with E-state index < -0.39 is 0 Å². The van der Waals surface area contributed by atoms with E-state index in [1.807, 2.05) is 30.5 Å². The minimum atomic E-state index is -0.137. The number of nitrogens with one attached hydrogen (secondary N) is 1. The summed E-state index contributed by atoms with van der Waals surface area (Å²) in [7, 11) is 0. The first-order valence-corrected chi connectivity index (χ1v) is 6.76. The number of aryl methyl sites for hydroxylation is 2. The molecular weight excluding hydrogens is 254 g/mol. The fraction of sp³-hybridized carbons (Fsp3) is 0.429. The molecule has 1 N–H and O–H groups in total. The Labute approximate surface area is 118 Å². The molecular formula is C14H19N5O. The zero-order chi connectivity index (χ0) is 14.4. The third-order valence-corrected chi connectivity index (χ3v) is 3.14. The number of aromatic nitrogens is 4. The van der Waals surface area contributed by atoms with Crippen LogP contribution in [-0.2, 0) is 17.8 Å². The molecule has 0 saturated heterocycles. The van der Waals surface area contributed by atoms with Crippen LogP contribution in [-0.4, -0.2) is 25.7 Å². The maximum Gasteiger partial charge on any atom is 0.220 e. The first-order chi connectivity index (χ1) is 9.70. The van der Waals surface area contributed by atoms with Crippen LogP contribution in [0.1, 0.15) is 37.7 Å². The third-order valence-electron chi connectivity index (χ3n) is 3.14. The fourth-order valence-corrected chi connectivity index (χ4v) is 2.03. The standard InChI is InChI=1S/C14H19N5O/c1-3-19-10-16-18-14(19)11(2)17-13(20)5-4-12-6-8-15-9-7-12/h6-11H,3-5H2,1-2H3,(H,17,20). The van der Waals surface area contributed by atoms with Gasteiger partial charge in [-0.2, -0.15) is 0 Å². The van der Waals surface area contributed by atoms with Crippen LogP contribution in [0.4, 0.5) is 0 Å². The maximum absolute atomic E-state index is 11.9. The number of carbonyl (C=O) groups is 1. The van der Waals surface area contributed by atoms with E-state index in [0.29, 0.717) is 12.8 Å². The Hall–Kier alpha value is -2.24. The van der Waals surface area contributed by atoms with Crippen molar-refractivity contribution in [2.45, 2.75) is 39.3 Å². The highest BCUT2D eigenvalue weighted by molar-refractivity contribution is 5.76. The molecule has 0 saturated carbocycles. The molecule has 0 bridgehead atoms. The van der Waals surface area contributed by atoms with Gasteiger partial charge in [0.15, 0.2) is 5.82 Å². The molecule has 2 aromatic rings. The Morgan fingerprint density at radius 3 is 2.85 bits per heavy atom. The van der Waals surface area contributed by atoms with E-state index in [1.54, 1.807) is 18.7 Å². The molecule has 0 aliphatic carbocycles. The van der Waals surface area contributed by atoms with Crippen molar-refractivity contribution < 1.29 is 4.79 Å². The van der Waals surface area contributed by atoms with Crippen LogP contribution in [0, 0.1) is 0 Å². The van der Waals surface area contributed by atoms with Gasteiger partial charge >= 0.3 is 0 Å². The van der Waals surface area contributed by atoms with Gasteiger partial charge in [0.2, 0.25) is 5.91 Å². The van der Waals surface area contributed by atoms with Crippen molar-refractivity contribution in [1.82, 2.24) is 25.1 Å². The van der Waals surface area contributed by atoms with Crippen LogP contribution in [0.3, 0.4) is 0 Å². The lowest BCUT2D eigenvalue weighted by Crippen LogP contribution is -2.28. The van der Waals surface area contributed by atoms with E-state index in [4.69, 9.17) is 0 Å². The molecule has 0 radical (unpaired) electrons. The van der Waals surface area contributed by atoms with Crippen molar-refractivity contribution in [3.8, 4) is 0 Å². The second-order valence-corrected chi connectivity index (χ2v) is 4.62. The molecule has 20 heavy (non-hydrogen) atoms. The summed E-state index contributed by atoms with van der Waals surface area (Å²) in [6.07, 6.45) is 6.31. The molecule has 2 rings (SSSR count). The molecule has 0 aliphatic heterocycles. The van der Waals surface area contributed by atoms with Crippen molar-refractivity contribution in [3.05, 3.63) is 42.2 Å². The molecule has 0 aromatic carbocycles. The van der Waals surface area contributed by atoms with Gasteiger partial charge in [-0.15, -0.1) is 10.2 Å². The van der Waals surface area contributed by atoms with Crippen molar-refractivity contribution in [2.75, 3.05) is 0 Å². The summed E-state index contributed by atoms with van der Waals surface area (Å²) in [6, 6.07) is 3.71. The van der Waals surface area contributed by atoms with Crippen molar-refractivity contribution in [1.29, 1.82) is 0 Å². The fourth-order valence-electron chi connectivity index (χ4n) is 2.03. The van der Waals surface area contributed by atoms with Crippen molar-refractivity contribution in [2.24, 2.45) is 0 Å². The van der Waals surface area contributed by atoms with Crippen LogP contribution in [0.25, 0.3) is 0 Å². The van der Waals surface area contributed by atoms with Gasteiger partial charge in [-0.3, -0.25) is 9.78 Å². The second-order valence-electron chi connectivity index (χ2n) is 4.62. The lowest BCUT2D eigenvalue weighted by molar-refractivity contribution is -0.121. The first kappa shape index (κ1) is 14.2. The maximum atomic E-state index is 11.9. The van der Waals surface area contributed by atoms with Crippen LogP contribution in [0.2, 0.25) is 0 Å². The number of rotatable bonds is 6. The zero-order valence-electron chi connectivity index (χ0n) is 11.8. The van der Waals surface area contributed by atoms with Gasteiger partial charge in [0.1, 0.15) is 6.33 Å². The largest absolute Gasteiger partial charge is 0.346 e. The summed E-state index contributed by atoms with van der Waals surface area (Å²) >= 11 is 0. The predicted octanol–water partition coefficient (Wildman–Crippen LogP) is 1.50. The van der Waals surface area contributed by atoms with E-state index in [1.165, 1.54) is 0 Å². The number of carbonyl (C=O) groups excluding carboxylic acids is 1. The van der Waals surface area contributed by atoms with Gasteiger partial charge in [0.05, 0.1) is 6.04 Å². The molecule has 1 unspecified atom stereocenters. The Bertz CT molecular complexity index is 552. The monoisotopic (exact) mass is 273 g/mol. The van der Waals surface area contributed by atoms with Gasteiger partial charge in [-0.25, -0.2) is 0 Å². The van der Waals surface area contributed by atoms with Crippen LogP contribution in [0.15, 0.2) is 30.9 Å². The molecule has 0 spiro atoms. The zero-order valence-corrected chi connectivity index (χ0v) is 11.8. The van der Waals surface area contributed by atoms with Gasteiger partial charge in [0, 0.05) is 25.4 Å². The van der Waals surface area contributed by atoms with Crippen LogP contribution >= 0.6 is 0 Å². The highest BCUT2D eigenvalue weighted by atomic mass is 16.1. The minimum Gasteiger partial charge on any atom is -0.346 e. The molecule has 6 nitrogen and oxygen atoms in total. The van der Waals surface area contributed by atoms with E-state index in [9.17, 15) is 4.79 Å². The summed E-state index contributed by atoms with van der Waals surface area (Å²) < 4.78 is 1.92. The lowest BCUT2D eigenvalue weighted by atomic mass is 10.1. The minimum absolute atomic E-state index is 0.0139. The second kappa shape index (κ2) is 6.79. The van der Waals surface area contributed by atoms with Gasteiger partial charge in [-0.1, -0.05) is 0 Å². The molecule has 0 aliphatic rings. The number of hydrogen-bond acceptors (Lipinski definition) is 4. The smallest absolute Gasteiger partial charge is 0.220 e. The topological polar surface area (TPSA) is 72.7 Å². The number of nitrogens with zero attached hydrogens (tertiary/aromatic N) is 4. The summed E-state index contributed by atoms with van der Waals surface area (Å²) in [5.41, 5.74) is 1.11. The average molecular weight is 273 g/mol. The van der Waals surface area contributed by atoms with Crippen LogP contribution < -0.4 is 5.32 Å². The molecule has 2 heterocycles. The molecule has 1 amide bonds. The molecule has 0 fully saturated rings. The summed E-state index contributed by atoms with van der Waals surface area (Å²) in [5.74, 6) is 0.796. The number of amides is 1. The quantitative estimate of drug-likeness (QED) is 0.865. The lowest BCUT2D eigenvalue weighted by Gasteiger charge is -2.14. The third kappa shape index (κ3) is 3.63. The van der Waals surface area contributed by atoms with E-state index in [2.05, 4.69) is 20.5 Å². The first-order valence-electron chi connectivity index (χ1n) is 6.76. The molecule has 1 atom stereocenters. The molecule has 2 aromatic heterocycles. The van der Waals surface area contributed by atoms with E-state index >= 15 is 0 Å². The van der Waals surface area contributed by atoms with Crippen molar-refractivity contribution >= 4 is 5.91 Å². The summed E-state index contributed by atoms with van der Waals surface area (Å²) in [4.78, 5) is 15.9. The van der Waals surface area contributed by atoms with Gasteiger partial charge < -0.3 is 9.88 Å². The Balaban J connectivity index is 1.85. The normalized spacial score (nSPS) is 12.1. The number of pyridine rings is 1. The highest BCUT2D eigenvalue weighted by Gasteiger charge is 2.14. The summed E-state index contributed by atoms with van der Waals surface area (Å²) in [6.45, 7) is 4.73. The highest BCUT2D eigenvalue weighted by Crippen LogP contribution is 2.09. The molecule has 106 valence electrons. The summed E-state index contributed by atoms with van der Waals surface area (Å²) in [5, 5.41) is 10.9. The molecule has 6 heteroatoms. The SMILES string of the molecule is CCn1cnnc1C(C)NC(=O)CCc1ccncc1. The average Bonchev–Trinajstić information content (AvgIpc) is 2.95. The Morgan fingerprint density at radius 1 is 1.40 bits per heavy atom. The van der Waals surface area contributed by atoms with Crippen molar-refractivity contribution in [3.63, 3.8) is 0 Å². The van der Waals surface area contributed by atoms with Gasteiger partial charge in [0.25, 0.3) is 0 Å².